The molecule has 2 heterocycles. The molecule has 0 aliphatic carbocycles. The average molecular weight is 677 g/mol. The monoisotopic (exact) mass is 676 g/mol. The maximum Gasteiger partial charge on any atom is 0.411 e. The van der Waals surface area contributed by atoms with Gasteiger partial charge < -0.3 is 24.2 Å². The predicted molar refractivity (Wildman–Crippen MR) is 169 cm³/mol. The summed E-state index contributed by atoms with van der Waals surface area (Å²) in [4.78, 5) is 24.5. The number of rotatable bonds is 15. The van der Waals surface area contributed by atoms with Gasteiger partial charge in [-0.05, 0) is 35.9 Å². The number of aromatic nitrogens is 2. The molecule has 0 aliphatic heterocycles. The summed E-state index contributed by atoms with van der Waals surface area (Å²) in [6.07, 6.45) is 0.849. The molecule has 0 radical (unpaired) electrons. The summed E-state index contributed by atoms with van der Waals surface area (Å²) in [6.45, 7) is 3.13. The van der Waals surface area contributed by atoms with Gasteiger partial charge in [0.15, 0.2) is 0 Å². The van der Waals surface area contributed by atoms with Gasteiger partial charge in [-0.25, -0.2) is 14.8 Å². The number of ether oxygens (including phenoxy) is 3. The maximum atomic E-state index is 12.0. The van der Waals surface area contributed by atoms with Crippen LogP contribution in [0.1, 0.15) is 0 Å². The Morgan fingerprint density at radius 2 is 1.52 bits per heavy atom. The fraction of sp³-hybridized carbons (Fsp3) is 0.345. The van der Waals surface area contributed by atoms with E-state index in [1.807, 2.05) is 43.4 Å². The van der Waals surface area contributed by atoms with Crippen molar-refractivity contribution in [2.75, 3.05) is 74.5 Å². The normalized spacial score (nSPS) is 11.2. The maximum absolute atomic E-state index is 12.0. The quantitative estimate of drug-likeness (QED) is 0.0923. The number of nitrogens with zero attached hydrogens (tertiary/aromatic N) is 4. The van der Waals surface area contributed by atoms with Crippen molar-refractivity contribution in [1.82, 2.24) is 9.97 Å². The number of amides is 1. The van der Waals surface area contributed by atoms with Crippen LogP contribution < -0.4 is 9.80 Å². The van der Waals surface area contributed by atoms with Gasteiger partial charge in [-0.3, -0.25) is 4.90 Å². The van der Waals surface area contributed by atoms with E-state index in [9.17, 15) is 9.90 Å². The Balaban J connectivity index is 1.35. The molecule has 4 rings (SSSR count). The molecule has 2 aromatic carbocycles. The number of alkyl halides is 1. The summed E-state index contributed by atoms with van der Waals surface area (Å²) in [5.41, 5.74) is 4.56. The summed E-state index contributed by atoms with van der Waals surface area (Å²) in [6, 6.07) is 17.8. The van der Waals surface area contributed by atoms with Crippen LogP contribution in [0, 0.1) is 0 Å². The third-order valence-corrected chi connectivity index (χ3v) is 7.52. The van der Waals surface area contributed by atoms with Gasteiger partial charge in [-0.1, -0.05) is 46.9 Å². The van der Waals surface area contributed by atoms with E-state index in [1.165, 1.54) is 16.2 Å². The van der Waals surface area contributed by atoms with E-state index in [0.29, 0.717) is 32.1 Å². The van der Waals surface area contributed by atoms with Gasteiger partial charge in [0.25, 0.3) is 0 Å². The van der Waals surface area contributed by atoms with Gasteiger partial charge in [0.05, 0.1) is 56.4 Å². The van der Waals surface area contributed by atoms with Crippen molar-refractivity contribution in [3.8, 4) is 21.7 Å². The van der Waals surface area contributed by atoms with Gasteiger partial charge in [0.2, 0.25) is 0 Å². The van der Waals surface area contributed by atoms with Crippen LogP contribution in [-0.4, -0.2) is 85.9 Å². The van der Waals surface area contributed by atoms with Crippen molar-refractivity contribution in [2.24, 2.45) is 0 Å². The lowest BCUT2D eigenvalue weighted by Gasteiger charge is -2.19. The highest BCUT2D eigenvalue weighted by atomic mass is 127. The highest BCUT2D eigenvalue weighted by Crippen LogP contribution is 2.34. The van der Waals surface area contributed by atoms with Crippen LogP contribution in [0.4, 0.5) is 16.3 Å². The summed E-state index contributed by atoms with van der Waals surface area (Å²) >= 11 is 3.80. The summed E-state index contributed by atoms with van der Waals surface area (Å²) in [5, 5.41) is 10.7. The van der Waals surface area contributed by atoms with Crippen LogP contribution in [0.2, 0.25) is 0 Å². The molecule has 0 aliphatic rings. The number of anilines is 2. The fourth-order valence-electron chi connectivity index (χ4n) is 3.92. The van der Waals surface area contributed by atoms with Crippen LogP contribution in [0.25, 0.3) is 31.9 Å². The minimum absolute atomic E-state index is 0.219. The first kappa shape index (κ1) is 30.1. The highest BCUT2D eigenvalue weighted by Gasteiger charge is 2.16. The molecule has 0 fully saturated rings. The van der Waals surface area contributed by atoms with E-state index in [4.69, 9.17) is 19.2 Å². The molecule has 0 saturated carbocycles. The zero-order valence-electron chi connectivity index (χ0n) is 22.6. The zero-order chi connectivity index (χ0) is 28.3. The molecule has 9 nitrogen and oxygen atoms in total. The number of thiazole rings is 1. The number of fused-ring (bicyclic) bond motifs is 1. The van der Waals surface area contributed by atoms with Gasteiger partial charge in [-0.2, -0.15) is 0 Å². The fourth-order valence-corrected chi connectivity index (χ4v) is 5.23. The van der Waals surface area contributed by atoms with Crippen LogP contribution in [0.3, 0.4) is 0 Å². The van der Waals surface area contributed by atoms with E-state index < -0.39 is 6.09 Å². The van der Waals surface area contributed by atoms with E-state index in [-0.39, 0.29) is 13.2 Å². The molecule has 1 amide bonds. The molecular weight excluding hydrogens is 643 g/mol. The minimum atomic E-state index is -1.03. The predicted octanol–water partition coefficient (Wildman–Crippen LogP) is 6.06. The van der Waals surface area contributed by atoms with Gasteiger partial charge in [0, 0.05) is 41.5 Å². The standard InChI is InChI=1S/C29H33IN4O5S/c1-33(2)27-10-7-23(20-31-27)21-3-5-22(6-4-21)28-32-25-9-8-24(19-26(25)40-28)34(29(35)36)12-14-38-16-18-39-17-15-37-13-11-30/h3-10,19-20H,11-18H2,1-2H3,(H,35,36). The Kier molecular flexibility index (Phi) is 11.5. The lowest BCUT2D eigenvalue weighted by atomic mass is 10.1. The summed E-state index contributed by atoms with van der Waals surface area (Å²) in [7, 11) is 3.94. The molecule has 0 bridgehead atoms. The van der Waals surface area contributed by atoms with Gasteiger partial charge in [0.1, 0.15) is 10.8 Å². The Morgan fingerprint density at radius 1 is 0.875 bits per heavy atom. The van der Waals surface area contributed by atoms with Crippen molar-refractivity contribution >= 4 is 61.7 Å². The number of halogens is 1. The number of hydrogen-bond donors (Lipinski definition) is 1. The second kappa shape index (κ2) is 15.2. The molecule has 1 N–H and O–H groups in total. The lowest BCUT2D eigenvalue weighted by molar-refractivity contribution is 0.0190. The van der Waals surface area contributed by atoms with E-state index in [2.05, 4.69) is 57.9 Å². The second-order valence-electron chi connectivity index (χ2n) is 9.01. The van der Waals surface area contributed by atoms with Crippen molar-refractivity contribution in [3.63, 3.8) is 0 Å². The lowest BCUT2D eigenvalue weighted by Crippen LogP contribution is -2.32. The van der Waals surface area contributed by atoms with E-state index in [0.717, 1.165) is 48.8 Å². The van der Waals surface area contributed by atoms with E-state index >= 15 is 0 Å². The second-order valence-corrected chi connectivity index (χ2v) is 11.1. The summed E-state index contributed by atoms with van der Waals surface area (Å²) in [5.74, 6) is 0.914. The molecule has 0 spiro atoms. The van der Waals surface area contributed by atoms with Crippen LogP contribution in [-0.2, 0) is 14.2 Å². The molecule has 2 aromatic heterocycles. The molecule has 4 aromatic rings. The number of carboxylic acid groups (broad SMARTS) is 1. The Hall–Kier alpha value is -2.84. The summed E-state index contributed by atoms with van der Waals surface area (Å²) < 4.78 is 18.3. The molecule has 11 heteroatoms. The van der Waals surface area contributed by atoms with Crippen LogP contribution >= 0.6 is 33.9 Å². The molecule has 0 unspecified atom stereocenters. The van der Waals surface area contributed by atoms with E-state index in [1.54, 1.807) is 6.07 Å². The van der Waals surface area contributed by atoms with Crippen molar-refractivity contribution in [3.05, 3.63) is 60.8 Å². The molecule has 40 heavy (non-hydrogen) atoms. The highest BCUT2D eigenvalue weighted by molar-refractivity contribution is 14.1. The van der Waals surface area contributed by atoms with Gasteiger partial charge in [-0.15, -0.1) is 11.3 Å². The number of pyridine rings is 1. The topological polar surface area (TPSA) is 97.2 Å². The third kappa shape index (κ3) is 8.33. The van der Waals surface area contributed by atoms with Crippen molar-refractivity contribution in [1.29, 1.82) is 0 Å². The van der Waals surface area contributed by atoms with Crippen molar-refractivity contribution < 1.29 is 24.1 Å². The number of carbonyl (C=O) groups is 1. The van der Waals surface area contributed by atoms with Gasteiger partial charge >= 0.3 is 6.09 Å². The first-order valence-corrected chi connectivity index (χ1v) is 15.2. The van der Waals surface area contributed by atoms with Crippen molar-refractivity contribution in [2.45, 2.75) is 0 Å². The minimum Gasteiger partial charge on any atom is -0.465 e. The molecule has 212 valence electrons. The number of hydrogen-bond acceptors (Lipinski definition) is 8. The SMILES string of the molecule is CN(C)c1ccc(-c2ccc(-c3nc4ccc(N(CCOCCOCCOCCI)C(=O)O)cc4s3)cc2)cn1. The number of benzene rings is 2. The molecule has 0 saturated heterocycles. The Bertz CT molecular complexity index is 1370. The van der Waals surface area contributed by atoms with Crippen LogP contribution in [0.15, 0.2) is 60.8 Å². The average Bonchev–Trinajstić information content (AvgIpc) is 3.39. The third-order valence-electron chi connectivity index (χ3n) is 6.01. The first-order valence-electron chi connectivity index (χ1n) is 12.9. The first-order chi connectivity index (χ1) is 19.5. The largest absolute Gasteiger partial charge is 0.465 e. The Morgan fingerprint density at radius 3 is 2.15 bits per heavy atom. The molecular formula is C29H33IN4O5S. The zero-order valence-corrected chi connectivity index (χ0v) is 25.6. The Labute approximate surface area is 251 Å². The molecule has 0 atom stereocenters. The smallest absolute Gasteiger partial charge is 0.411 e. The van der Waals surface area contributed by atoms with Crippen LogP contribution in [0.5, 0.6) is 0 Å².